The fourth-order valence-corrected chi connectivity index (χ4v) is 1.94. The third-order valence-corrected chi connectivity index (χ3v) is 3.04. The summed E-state index contributed by atoms with van der Waals surface area (Å²) in [7, 11) is 0. The van der Waals surface area contributed by atoms with Crippen molar-refractivity contribution in [3.63, 3.8) is 0 Å². The number of nitrogens with one attached hydrogen (secondary N) is 1. The topological polar surface area (TPSA) is 53.1 Å². The summed E-state index contributed by atoms with van der Waals surface area (Å²) in [6, 6.07) is 2.02. The molecule has 1 saturated carbocycles. The molecule has 3 heteroatoms. The van der Waals surface area contributed by atoms with Crippen LogP contribution in [0.4, 0.5) is 0 Å². The third-order valence-electron chi connectivity index (χ3n) is 3.04. The minimum Gasteiger partial charge on any atom is -0.477 e. The molecule has 0 bridgehead atoms. The molecule has 0 spiro atoms. The molecule has 76 valence electrons. The molecule has 0 radical (unpaired) electrons. The Hall–Kier alpha value is -1.25. The van der Waals surface area contributed by atoms with E-state index in [0.29, 0.717) is 11.6 Å². The standard InChI is InChI=1S/C11H15NO2/c1-2-8-6-9(7-4-3-5-7)10(12-8)11(13)14/h6-7,12H,2-5H2,1H3,(H,13,14). The maximum atomic E-state index is 11.0. The largest absolute Gasteiger partial charge is 0.477 e. The quantitative estimate of drug-likeness (QED) is 0.775. The highest BCUT2D eigenvalue weighted by molar-refractivity contribution is 5.87. The summed E-state index contributed by atoms with van der Waals surface area (Å²) in [5.41, 5.74) is 2.46. The minimum absolute atomic E-state index is 0.409. The predicted octanol–water partition coefficient (Wildman–Crippen LogP) is 2.54. The normalized spacial score (nSPS) is 16.6. The summed E-state index contributed by atoms with van der Waals surface area (Å²) >= 11 is 0. The van der Waals surface area contributed by atoms with E-state index in [0.717, 1.165) is 30.5 Å². The molecule has 1 aliphatic rings. The van der Waals surface area contributed by atoms with Crippen LogP contribution in [-0.2, 0) is 6.42 Å². The fourth-order valence-electron chi connectivity index (χ4n) is 1.94. The Morgan fingerprint density at radius 1 is 1.64 bits per heavy atom. The Labute approximate surface area is 83.1 Å². The second-order valence-corrected chi connectivity index (χ2v) is 3.91. The van der Waals surface area contributed by atoms with Gasteiger partial charge in [-0.25, -0.2) is 4.79 Å². The molecule has 0 aliphatic heterocycles. The van der Waals surface area contributed by atoms with Gasteiger partial charge in [0.05, 0.1) is 0 Å². The average Bonchev–Trinajstić information content (AvgIpc) is 2.45. The molecule has 0 aromatic carbocycles. The van der Waals surface area contributed by atoms with Crippen LogP contribution in [0, 0.1) is 0 Å². The molecule has 2 rings (SSSR count). The summed E-state index contributed by atoms with van der Waals surface area (Å²) in [4.78, 5) is 13.9. The lowest BCUT2D eigenvalue weighted by Gasteiger charge is -2.25. The lowest BCUT2D eigenvalue weighted by Crippen LogP contribution is -2.12. The Bertz CT molecular complexity index is 350. The van der Waals surface area contributed by atoms with Crippen LogP contribution in [-0.4, -0.2) is 16.1 Å². The summed E-state index contributed by atoms with van der Waals surface area (Å²) in [6.07, 6.45) is 4.38. The van der Waals surface area contributed by atoms with E-state index in [-0.39, 0.29) is 0 Å². The van der Waals surface area contributed by atoms with Crippen LogP contribution < -0.4 is 0 Å². The predicted molar refractivity (Wildman–Crippen MR) is 53.7 cm³/mol. The first kappa shape index (κ1) is 9.31. The van der Waals surface area contributed by atoms with Gasteiger partial charge in [-0.1, -0.05) is 13.3 Å². The van der Waals surface area contributed by atoms with E-state index in [4.69, 9.17) is 5.11 Å². The minimum atomic E-state index is -0.827. The number of rotatable bonds is 3. The van der Waals surface area contributed by atoms with Crippen molar-refractivity contribution in [1.82, 2.24) is 4.98 Å². The van der Waals surface area contributed by atoms with Gasteiger partial charge in [0.2, 0.25) is 0 Å². The van der Waals surface area contributed by atoms with Gasteiger partial charge in [-0.05, 0) is 36.8 Å². The maximum Gasteiger partial charge on any atom is 0.352 e. The number of aromatic nitrogens is 1. The van der Waals surface area contributed by atoms with Gasteiger partial charge in [-0.3, -0.25) is 0 Å². The van der Waals surface area contributed by atoms with Crippen molar-refractivity contribution in [1.29, 1.82) is 0 Å². The number of H-pyrrole nitrogens is 1. The number of hydrogen-bond acceptors (Lipinski definition) is 1. The van der Waals surface area contributed by atoms with Crippen LogP contribution >= 0.6 is 0 Å². The zero-order chi connectivity index (χ0) is 10.1. The lowest BCUT2D eigenvalue weighted by atomic mass is 9.80. The molecule has 1 aliphatic carbocycles. The Kier molecular flexibility index (Phi) is 2.32. The van der Waals surface area contributed by atoms with Crippen molar-refractivity contribution in [2.75, 3.05) is 0 Å². The van der Waals surface area contributed by atoms with Gasteiger partial charge in [0, 0.05) is 5.69 Å². The molecule has 1 aromatic heterocycles. The first-order valence-corrected chi connectivity index (χ1v) is 5.17. The monoisotopic (exact) mass is 193 g/mol. The average molecular weight is 193 g/mol. The zero-order valence-electron chi connectivity index (χ0n) is 8.34. The van der Waals surface area contributed by atoms with E-state index in [1.807, 2.05) is 13.0 Å². The van der Waals surface area contributed by atoms with Crippen molar-refractivity contribution in [2.24, 2.45) is 0 Å². The summed E-state index contributed by atoms with van der Waals surface area (Å²) in [6.45, 7) is 2.03. The molecule has 0 amide bonds. The van der Waals surface area contributed by atoms with Crippen molar-refractivity contribution in [3.8, 4) is 0 Å². The van der Waals surface area contributed by atoms with Crippen LogP contribution in [0.3, 0.4) is 0 Å². The molecular formula is C11H15NO2. The number of aryl methyl sites for hydroxylation is 1. The highest BCUT2D eigenvalue weighted by Gasteiger charge is 2.26. The van der Waals surface area contributed by atoms with Gasteiger partial charge in [-0.15, -0.1) is 0 Å². The van der Waals surface area contributed by atoms with Crippen LogP contribution in [0.25, 0.3) is 0 Å². The second kappa shape index (κ2) is 3.48. The number of carboxylic acids is 1. The Morgan fingerprint density at radius 3 is 2.79 bits per heavy atom. The highest BCUT2D eigenvalue weighted by atomic mass is 16.4. The first-order valence-electron chi connectivity index (χ1n) is 5.17. The lowest BCUT2D eigenvalue weighted by molar-refractivity contribution is 0.0688. The van der Waals surface area contributed by atoms with E-state index in [1.54, 1.807) is 0 Å². The first-order chi connectivity index (χ1) is 6.72. The molecule has 1 aromatic rings. The van der Waals surface area contributed by atoms with E-state index in [1.165, 1.54) is 6.42 Å². The van der Waals surface area contributed by atoms with Gasteiger partial charge >= 0.3 is 5.97 Å². The van der Waals surface area contributed by atoms with E-state index in [2.05, 4.69) is 4.98 Å². The van der Waals surface area contributed by atoms with Crippen LogP contribution in [0.1, 0.15) is 53.8 Å². The molecule has 0 saturated heterocycles. The van der Waals surface area contributed by atoms with E-state index < -0.39 is 5.97 Å². The highest BCUT2D eigenvalue weighted by Crippen LogP contribution is 2.38. The van der Waals surface area contributed by atoms with Crippen molar-refractivity contribution in [3.05, 3.63) is 23.0 Å². The number of aromatic amines is 1. The van der Waals surface area contributed by atoms with Gasteiger partial charge in [0.15, 0.2) is 0 Å². The smallest absolute Gasteiger partial charge is 0.352 e. The van der Waals surface area contributed by atoms with Crippen molar-refractivity contribution in [2.45, 2.75) is 38.5 Å². The van der Waals surface area contributed by atoms with Crippen LogP contribution in [0.5, 0.6) is 0 Å². The van der Waals surface area contributed by atoms with E-state index >= 15 is 0 Å². The number of aromatic carboxylic acids is 1. The second-order valence-electron chi connectivity index (χ2n) is 3.91. The van der Waals surface area contributed by atoms with Gasteiger partial charge in [0.25, 0.3) is 0 Å². The zero-order valence-corrected chi connectivity index (χ0v) is 8.34. The fraction of sp³-hybridized carbons (Fsp3) is 0.545. The molecule has 1 heterocycles. The molecule has 3 nitrogen and oxygen atoms in total. The molecule has 1 fully saturated rings. The molecule has 2 N–H and O–H groups in total. The van der Waals surface area contributed by atoms with Crippen molar-refractivity contribution < 1.29 is 9.90 Å². The molecular weight excluding hydrogens is 178 g/mol. The van der Waals surface area contributed by atoms with Gasteiger partial charge < -0.3 is 10.1 Å². The van der Waals surface area contributed by atoms with Gasteiger partial charge in [-0.2, -0.15) is 0 Å². The molecule has 14 heavy (non-hydrogen) atoms. The Balaban J connectivity index is 2.34. The molecule has 0 unspecified atom stereocenters. The Morgan fingerprint density at radius 2 is 2.36 bits per heavy atom. The SMILES string of the molecule is CCc1cc(C2CCC2)c(C(=O)O)[nH]1. The van der Waals surface area contributed by atoms with Gasteiger partial charge in [0.1, 0.15) is 5.69 Å². The third kappa shape index (κ3) is 1.43. The molecule has 0 atom stereocenters. The number of carboxylic acid groups (broad SMARTS) is 1. The summed E-state index contributed by atoms with van der Waals surface area (Å²) < 4.78 is 0. The van der Waals surface area contributed by atoms with E-state index in [9.17, 15) is 4.79 Å². The summed E-state index contributed by atoms with van der Waals surface area (Å²) in [5.74, 6) is -0.343. The van der Waals surface area contributed by atoms with Crippen LogP contribution in [0.15, 0.2) is 6.07 Å². The van der Waals surface area contributed by atoms with Crippen molar-refractivity contribution >= 4 is 5.97 Å². The number of carbonyl (C=O) groups is 1. The maximum absolute atomic E-state index is 11.0. The number of hydrogen-bond donors (Lipinski definition) is 2. The van der Waals surface area contributed by atoms with Crippen LogP contribution in [0.2, 0.25) is 0 Å². The summed E-state index contributed by atoms with van der Waals surface area (Å²) in [5, 5.41) is 9.01.